The maximum atomic E-state index is 12.7. The third kappa shape index (κ3) is 7.92. The molecular weight excluding hydrogens is 459 g/mol. The largest absolute Gasteiger partial charge is 0.482 e. The molecule has 2 heterocycles. The van der Waals surface area contributed by atoms with E-state index in [0.29, 0.717) is 24.5 Å². The molecule has 1 aliphatic rings. The molecule has 0 spiro atoms. The lowest BCUT2D eigenvalue weighted by Crippen LogP contribution is -2.26. The van der Waals surface area contributed by atoms with Gasteiger partial charge in [-0.25, -0.2) is 14.8 Å². The van der Waals surface area contributed by atoms with Crippen molar-refractivity contribution in [3.05, 3.63) is 71.3 Å². The van der Waals surface area contributed by atoms with Gasteiger partial charge in [0.25, 0.3) is 0 Å². The molecule has 1 atom stereocenters. The van der Waals surface area contributed by atoms with Crippen molar-refractivity contribution >= 4 is 11.5 Å². The molecule has 9 heteroatoms. The van der Waals surface area contributed by atoms with E-state index < -0.39 is 18.1 Å². The zero-order chi connectivity index (χ0) is 25.4. The number of fused-ring (bicyclic) bond motifs is 1. The third-order valence-corrected chi connectivity index (χ3v) is 5.95. The molecule has 1 aromatic heterocycles. The predicted molar refractivity (Wildman–Crippen MR) is 127 cm³/mol. The minimum absolute atomic E-state index is 0.325. The number of benzene rings is 1. The zero-order valence-corrected chi connectivity index (χ0v) is 19.9. The van der Waals surface area contributed by atoms with Crippen LogP contribution in [-0.2, 0) is 24.2 Å². The summed E-state index contributed by atoms with van der Waals surface area (Å²) in [5.74, 6) is -1.44. The van der Waals surface area contributed by atoms with E-state index in [9.17, 15) is 18.0 Å². The first-order valence-electron chi connectivity index (χ1n) is 11.5. The Morgan fingerprint density at radius 1 is 1.23 bits per heavy atom. The number of nitrogens with zero attached hydrogens (tertiary/aromatic N) is 3. The average molecular weight is 490 g/mol. The molecule has 0 aliphatic carbocycles. The van der Waals surface area contributed by atoms with Crippen LogP contribution in [0.3, 0.4) is 0 Å². The first-order chi connectivity index (χ1) is 16.7. The molecule has 2 aromatic rings. The summed E-state index contributed by atoms with van der Waals surface area (Å²) in [4.78, 5) is 22.0. The SMILES string of the molecule is C/C=C(\C/C=C\C(C)C(F)(F)F)c1nccc(CN2CCc3ccc(OCC(=O)O)cc3CC2)n1. The minimum Gasteiger partial charge on any atom is -0.482 e. The number of carboxylic acid groups (broad SMARTS) is 1. The van der Waals surface area contributed by atoms with Gasteiger partial charge in [-0.3, -0.25) is 4.90 Å². The quantitative estimate of drug-likeness (QED) is 0.495. The Morgan fingerprint density at radius 2 is 1.97 bits per heavy atom. The molecule has 188 valence electrons. The van der Waals surface area contributed by atoms with Crippen molar-refractivity contribution in [3.8, 4) is 5.75 Å². The smallest absolute Gasteiger partial charge is 0.394 e. The number of hydrogen-bond donors (Lipinski definition) is 1. The maximum absolute atomic E-state index is 12.7. The van der Waals surface area contributed by atoms with Crippen LogP contribution in [0.15, 0.2) is 48.7 Å². The summed E-state index contributed by atoms with van der Waals surface area (Å²) in [6.45, 7) is 4.87. The van der Waals surface area contributed by atoms with Gasteiger partial charge in [-0.2, -0.15) is 13.2 Å². The molecule has 3 rings (SSSR count). The summed E-state index contributed by atoms with van der Waals surface area (Å²) in [5.41, 5.74) is 3.98. The van der Waals surface area contributed by atoms with Crippen molar-refractivity contribution in [2.24, 2.45) is 5.92 Å². The van der Waals surface area contributed by atoms with Crippen LogP contribution in [0.4, 0.5) is 13.2 Å². The molecule has 1 aliphatic heterocycles. The van der Waals surface area contributed by atoms with E-state index in [0.717, 1.165) is 49.7 Å². The highest BCUT2D eigenvalue weighted by atomic mass is 19.4. The third-order valence-electron chi connectivity index (χ3n) is 5.95. The van der Waals surface area contributed by atoms with Gasteiger partial charge in [0, 0.05) is 25.8 Å². The number of allylic oxidation sites excluding steroid dienone is 4. The number of hydrogen-bond acceptors (Lipinski definition) is 5. The summed E-state index contributed by atoms with van der Waals surface area (Å²) in [6, 6.07) is 7.56. The van der Waals surface area contributed by atoms with Crippen LogP contribution in [-0.4, -0.2) is 51.8 Å². The number of alkyl halides is 3. The van der Waals surface area contributed by atoms with Crippen molar-refractivity contribution in [1.82, 2.24) is 14.9 Å². The highest BCUT2D eigenvalue weighted by Crippen LogP contribution is 2.27. The summed E-state index contributed by atoms with van der Waals surface area (Å²) in [7, 11) is 0. The molecule has 0 saturated heterocycles. The predicted octanol–water partition coefficient (Wildman–Crippen LogP) is 5.09. The number of carboxylic acids is 1. The van der Waals surface area contributed by atoms with Crippen molar-refractivity contribution in [1.29, 1.82) is 0 Å². The van der Waals surface area contributed by atoms with Crippen molar-refractivity contribution in [2.45, 2.75) is 45.8 Å². The van der Waals surface area contributed by atoms with E-state index in [1.807, 2.05) is 31.2 Å². The molecule has 1 N–H and O–H groups in total. The normalized spacial score (nSPS) is 16.1. The van der Waals surface area contributed by atoms with Gasteiger partial charge in [-0.05, 0) is 61.1 Å². The summed E-state index contributed by atoms with van der Waals surface area (Å²) in [5, 5.41) is 8.81. The number of aromatic nitrogens is 2. The van der Waals surface area contributed by atoms with E-state index in [4.69, 9.17) is 9.84 Å². The molecule has 0 radical (unpaired) electrons. The monoisotopic (exact) mass is 489 g/mol. The van der Waals surface area contributed by atoms with Gasteiger partial charge in [0.1, 0.15) is 5.75 Å². The van der Waals surface area contributed by atoms with Gasteiger partial charge in [0.05, 0.1) is 11.6 Å². The minimum atomic E-state index is -4.25. The Hall–Kier alpha value is -3.20. The van der Waals surface area contributed by atoms with Gasteiger partial charge < -0.3 is 9.84 Å². The number of rotatable bonds is 9. The lowest BCUT2D eigenvalue weighted by Gasteiger charge is -2.19. The lowest BCUT2D eigenvalue weighted by atomic mass is 10.0. The second-order valence-electron chi connectivity index (χ2n) is 8.54. The molecule has 1 unspecified atom stereocenters. The van der Waals surface area contributed by atoms with Crippen LogP contribution >= 0.6 is 0 Å². The van der Waals surface area contributed by atoms with Crippen LogP contribution in [0, 0.1) is 5.92 Å². The van der Waals surface area contributed by atoms with Gasteiger partial charge >= 0.3 is 12.1 Å². The standard InChI is InChI=1S/C26H30F3N3O3/c1-3-19(6-4-5-18(2)26(27,28)29)25-30-12-9-22(31-25)16-32-13-10-20-7-8-23(35-17-24(33)34)15-21(20)11-14-32/h3-5,7-9,12,15,18H,6,10-11,13-14,16-17H2,1-2H3,(H,33,34)/b5-4-,19-3+. The van der Waals surface area contributed by atoms with E-state index >= 15 is 0 Å². The Kier molecular flexibility index (Phi) is 9.03. The Bertz CT molecular complexity index is 1080. The van der Waals surface area contributed by atoms with Crippen molar-refractivity contribution in [2.75, 3.05) is 19.7 Å². The molecular formula is C26H30F3N3O3. The number of aliphatic carboxylic acids is 1. The molecule has 6 nitrogen and oxygen atoms in total. The Labute approximate surface area is 203 Å². The van der Waals surface area contributed by atoms with Crippen LogP contribution in [0.2, 0.25) is 0 Å². The van der Waals surface area contributed by atoms with Crippen molar-refractivity contribution < 1.29 is 27.8 Å². The highest BCUT2D eigenvalue weighted by molar-refractivity contribution is 5.68. The topological polar surface area (TPSA) is 75.6 Å². The molecule has 35 heavy (non-hydrogen) atoms. The fourth-order valence-electron chi connectivity index (χ4n) is 3.86. The maximum Gasteiger partial charge on any atom is 0.394 e. The Balaban J connectivity index is 1.61. The summed E-state index contributed by atoms with van der Waals surface area (Å²) in [6.07, 6.45) is 3.93. The van der Waals surface area contributed by atoms with Gasteiger partial charge in [0.15, 0.2) is 12.4 Å². The lowest BCUT2D eigenvalue weighted by molar-refractivity contribution is -0.156. The fraction of sp³-hybridized carbons (Fsp3) is 0.423. The number of ether oxygens (including phenoxy) is 1. The summed E-state index contributed by atoms with van der Waals surface area (Å²) < 4.78 is 43.5. The van der Waals surface area contributed by atoms with Crippen LogP contribution in [0.25, 0.3) is 5.57 Å². The summed E-state index contributed by atoms with van der Waals surface area (Å²) >= 11 is 0. The second kappa shape index (κ2) is 12.0. The molecule has 1 aromatic carbocycles. The molecule has 0 fully saturated rings. The first kappa shape index (κ1) is 26.4. The van der Waals surface area contributed by atoms with E-state index in [2.05, 4.69) is 14.9 Å². The van der Waals surface area contributed by atoms with Gasteiger partial charge in [0.2, 0.25) is 0 Å². The fourth-order valence-corrected chi connectivity index (χ4v) is 3.86. The molecule has 0 saturated carbocycles. The van der Waals surface area contributed by atoms with Crippen LogP contribution in [0.1, 0.15) is 42.9 Å². The van der Waals surface area contributed by atoms with Gasteiger partial charge in [-0.15, -0.1) is 0 Å². The van der Waals surface area contributed by atoms with Crippen LogP contribution < -0.4 is 4.74 Å². The molecule has 0 amide bonds. The van der Waals surface area contributed by atoms with E-state index in [1.165, 1.54) is 17.7 Å². The molecule has 0 bridgehead atoms. The number of carbonyl (C=O) groups is 1. The Morgan fingerprint density at radius 3 is 2.66 bits per heavy atom. The number of halogens is 3. The van der Waals surface area contributed by atoms with Gasteiger partial charge in [-0.1, -0.05) is 31.2 Å². The van der Waals surface area contributed by atoms with E-state index in [1.54, 1.807) is 12.3 Å². The van der Waals surface area contributed by atoms with Crippen molar-refractivity contribution in [3.63, 3.8) is 0 Å². The zero-order valence-electron chi connectivity index (χ0n) is 19.9. The second-order valence-corrected chi connectivity index (χ2v) is 8.54. The van der Waals surface area contributed by atoms with E-state index in [-0.39, 0.29) is 6.61 Å². The van der Waals surface area contributed by atoms with Crippen LogP contribution in [0.5, 0.6) is 5.75 Å². The average Bonchev–Trinajstić information content (AvgIpc) is 3.02. The highest BCUT2D eigenvalue weighted by Gasteiger charge is 2.33. The first-order valence-corrected chi connectivity index (χ1v) is 11.5.